The Morgan fingerprint density at radius 1 is 1.59 bits per heavy atom. The van der Waals surface area contributed by atoms with E-state index in [2.05, 4.69) is 15.4 Å². The number of aromatic nitrogens is 3. The van der Waals surface area contributed by atoms with E-state index in [1.54, 1.807) is 6.07 Å². The largest absolute Gasteiger partial charge is 0.381 e. The molecule has 3 heterocycles. The monoisotopic (exact) mass is 258 g/mol. The molecule has 1 atom stereocenters. The van der Waals surface area contributed by atoms with Crippen LogP contribution in [0.15, 0.2) is 12.3 Å². The van der Waals surface area contributed by atoms with E-state index in [4.69, 9.17) is 11.6 Å². The van der Waals surface area contributed by atoms with Crippen LogP contribution in [0.4, 0.5) is 14.5 Å². The van der Waals surface area contributed by atoms with Crippen molar-refractivity contribution in [3.8, 4) is 0 Å². The highest BCUT2D eigenvalue weighted by atomic mass is 35.5. The second-order valence-electron chi connectivity index (χ2n) is 4.33. The molecule has 0 bridgehead atoms. The summed E-state index contributed by atoms with van der Waals surface area (Å²) in [4.78, 5) is 4.11. The predicted molar refractivity (Wildman–Crippen MR) is 59.8 cm³/mol. The van der Waals surface area contributed by atoms with Gasteiger partial charge in [-0.05, 0) is 6.92 Å². The number of nitrogens with one attached hydrogen (secondary N) is 1. The van der Waals surface area contributed by atoms with E-state index in [-0.39, 0.29) is 11.7 Å². The molecule has 4 nitrogen and oxygen atoms in total. The van der Waals surface area contributed by atoms with Crippen molar-refractivity contribution >= 4 is 22.9 Å². The zero-order chi connectivity index (χ0) is 12.2. The highest BCUT2D eigenvalue weighted by molar-refractivity contribution is 6.29. The number of fused-ring (bicyclic) bond motifs is 3. The fourth-order valence-corrected chi connectivity index (χ4v) is 2.30. The molecule has 1 aliphatic heterocycles. The van der Waals surface area contributed by atoms with Crippen LogP contribution in [0.25, 0.3) is 5.65 Å². The van der Waals surface area contributed by atoms with Crippen LogP contribution in [0.3, 0.4) is 0 Å². The summed E-state index contributed by atoms with van der Waals surface area (Å²) in [6, 6.07) is 1.55. The number of nitrogens with zero attached hydrogens (tertiary/aromatic N) is 3. The first kappa shape index (κ1) is 10.7. The van der Waals surface area contributed by atoms with E-state index in [0.29, 0.717) is 17.0 Å². The van der Waals surface area contributed by atoms with E-state index in [9.17, 15) is 8.78 Å². The third kappa shape index (κ3) is 1.33. The van der Waals surface area contributed by atoms with Gasteiger partial charge in [0, 0.05) is 12.6 Å². The van der Waals surface area contributed by atoms with Gasteiger partial charge in [-0.1, -0.05) is 11.6 Å². The Balaban J connectivity index is 2.34. The number of anilines is 1. The van der Waals surface area contributed by atoms with Gasteiger partial charge in [0.2, 0.25) is 0 Å². The number of alkyl halides is 2. The van der Waals surface area contributed by atoms with Gasteiger partial charge in [0.05, 0.1) is 23.0 Å². The molecule has 90 valence electrons. The van der Waals surface area contributed by atoms with Crippen molar-refractivity contribution in [3.05, 3.63) is 23.1 Å². The van der Waals surface area contributed by atoms with Gasteiger partial charge in [0.15, 0.2) is 10.8 Å². The Morgan fingerprint density at radius 2 is 2.35 bits per heavy atom. The van der Waals surface area contributed by atoms with Crippen LogP contribution in [0.5, 0.6) is 0 Å². The third-order valence-electron chi connectivity index (χ3n) is 3.12. The van der Waals surface area contributed by atoms with Crippen molar-refractivity contribution in [1.82, 2.24) is 14.6 Å². The molecule has 0 aliphatic carbocycles. The van der Waals surface area contributed by atoms with Gasteiger partial charge in [0.1, 0.15) is 0 Å². The van der Waals surface area contributed by atoms with E-state index in [1.165, 1.54) is 17.6 Å². The summed E-state index contributed by atoms with van der Waals surface area (Å²) in [7, 11) is 0. The molecule has 0 amide bonds. The molecule has 1 N–H and O–H groups in total. The van der Waals surface area contributed by atoms with Crippen LogP contribution in [-0.2, 0) is 5.41 Å². The van der Waals surface area contributed by atoms with E-state index >= 15 is 0 Å². The van der Waals surface area contributed by atoms with Gasteiger partial charge in [0.25, 0.3) is 6.43 Å². The molecule has 0 fully saturated rings. The first-order valence-corrected chi connectivity index (χ1v) is 5.47. The Hall–Kier alpha value is -1.43. The molecule has 0 radical (unpaired) electrons. The van der Waals surface area contributed by atoms with Crippen LogP contribution >= 0.6 is 11.6 Å². The lowest BCUT2D eigenvalue weighted by atomic mass is 9.89. The molecule has 0 aromatic carbocycles. The first-order chi connectivity index (χ1) is 8.02. The lowest BCUT2D eigenvalue weighted by Crippen LogP contribution is -2.34. The van der Waals surface area contributed by atoms with Crippen LogP contribution in [-0.4, -0.2) is 27.6 Å². The van der Waals surface area contributed by atoms with Gasteiger partial charge in [-0.2, -0.15) is 5.10 Å². The van der Waals surface area contributed by atoms with Crippen molar-refractivity contribution in [2.75, 3.05) is 11.9 Å². The zero-order valence-corrected chi connectivity index (χ0v) is 9.67. The average Bonchev–Trinajstić information content (AvgIpc) is 2.79. The molecule has 1 unspecified atom stereocenters. The third-order valence-corrected chi connectivity index (χ3v) is 3.31. The first-order valence-electron chi connectivity index (χ1n) is 5.09. The fourth-order valence-electron chi connectivity index (χ4n) is 2.13. The van der Waals surface area contributed by atoms with Crippen molar-refractivity contribution in [2.45, 2.75) is 18.8 Å². The quantitative estimate of drug-likeness (QED) is 0.854. The molecule has 1 aliphatic rings. The van der Waals surface area contributed by atoms with E-state index in [1.807, 2.05) is 0 Å². The lowest BCUT2D eigenvalue weighted by Gasteiger charge is -2.22. The molecule has 0 saturated heterocycles. The average molecular weight is 259 g/mol. The van der Waals surface area contributed by atoms with Crippen LogP contribution < -0.4 is 5.32 Å². The van der Waals surface area contributed by atoms with Gasteiger partial charge >= 0.3 is 0 Å². The van der Waals surface area contributed by atoms with Crippen LogP contribution in [0.2, 0.25) is 5.15 Å². The molecule has 2 aromatic rings. The minimum absolute atomic E-state index is 0.165. The zero-order valence-electron chi connectivity index (χ0n) is 8.91. The Labute approximate surface area is 101 Å². The van der Waals surface area contributed by atoms with E-state index < -0.39 is 11.8 Å². The van der Waals surface area contributed by atoms with Gasteiger partial charge in [-0.3, -0.25) is 0 Å². The summed E-state index contributed by atoms with van der Waals surface area (Å²) >= 11 is 5.78. The highest BCUT2D eigenvalue weighted by Gasteiger charge is 2.45. The summed E-state index contributed by atoms with van der Waals surface area (Å²) < 4.78 is 27.8. The van der Waals surface area contributed by atoms with Gasteiger partial charge < -0.3 is 5.32 Å². The molecule has 17 heavy (non-hydrogen) atoms. The summed E-state index contributed by atoms with van der Waals surface area (Å²) in [5, 5.41) is 7.18. The molecule has 0 saturated carbocycles. The molecule has 3 rings (SSSR count). The highest BCUT2D eigenvalue weighted by Crippen LogP contribution is 2.40. The molecule has 7 heteroatoms. The Bertz CT molecular complexity index is 597. The topological polar surface area (TPSA) is 42.2 Å². The van der Waals surface area contributed by atoms with Crippen molar-refractivity contribution in [2.24, 2.45) is 0 Å². The lowest BCUT2D eigenvalue weighted by molar-refractivity contribution is 0.0667. The Morgan fingerprint density at radius 3 is 3.06 bits per heavy atom. The molecular weight excluding hydrogens is 250 g/mol. The predicted octanol–water partition coefficient (Wildman–Crippen LogP) is 2.33. The maximum atomic E-state index is 13.2. The summed E-state index contributed by atoms with van der Waals surface area (Å²) in [6.45, 7) is 1.67. The smallest absolute Gasteiger partial charge is 0.251 e. The summed E-state index contributed by atoms with van der Waals surface area (Å²) in [5.41, 5.74) is 0.222. The van der Waals surface area contributed by atoms with Crippen LogP contribution in [0.1, 0.15) is 12.6 Å². The number of rotatable bonds is 1. The minimum atomic E-state index is -2.48. The number of hydrogen-bond donors (Lipinski definition) is 1. The normalized spacial score (nSPS) is 23.1. The van der Waals surface area contributed by atoms with Crippen molar-refractivity contribution in [3.63, 3.8) is 0 Å². The summed E-state index contributed by atoms with van der Waals surface area (Å²) in [5.74, 6) is 0. The minimum Gasteiger partial charge on any atom is -0.381 e. The molecule has 2 aromatic heterocycles. The van der Waals surface area contributed by atoms with Crippen molar-refractivity contribution in [1.29, 1.82) is 0 Å². The maximum Gasteiger partial charge on any atom is 0.251 e. The number of halogens is 3. The molecule has 0 spiro atoms. The van der Waals surface area contributed by atoms with Crippen LogP contribution in [0, 0.1) is 0 Å². The van der Waals surface area contributed by atoms with Crippen molar-refractivity contribution < 1.29 is 8.78 Å². The van der Waals surface area contributed by atoms with Gasteiger partial charge in [-0.15, -0.1) is 0 Å². The standard InChI is InChI=1S/C10H9ClF2N4/c1-10(9(12)13)4-15-5-3-14-7-2-6(11)16-17(7)8(5)10/h2-3,9,15H,4H2,1H3. The fraction of sp³-hybridized carbons (Fsp3) is 0.400. The molecular formula is C10H9ClF2N4. The SMILES string of the molecule is CC1(C(F)F)CNc2cnc3cc(Cl)nn3c21. The van der Waals surface area contributed by atoms with Gasteiger partial charge in [-0.25, -0.2) is 18.3 Å². The maximum absolute atomic E-state index is 13.2. The number of hydrogen-bond acceptors (Lipinski definition) is 3. The summed E-state index contributed by atoms with van der Waals surface area (Å²) in [6.07, 6.45) is -0.944. The second-order valence-corrected chi connectivity index (χ2v) is 4.72. The Kier molecular flexibility index (Phi) is 2.07. The van der Waals surface area contributed by atoms with E-state index in [0.717, 1.165) is 0 Å². The second kappa shape index (κ2) is 3.29.